The summed E-state index contributed by atoms with van der Waals surface area (Å²) in [4.78, 5) is 4.97. The largest absolute Gasteiger partial charge is 0.486 e. The van der Waals surface area contributed by atoms with Crippen molar-refractivity contribution in [1.82, 2.24) is 4.90 Å². The zero-order valence-corrected chi connectivity index (χ0v) is 16.5. The molecular formula is C25H26N2O2. The van der Waals surface area contributed by atoms with E-state index < -0.39 is 0 Å². The first-order chi connectivity index (χ1) is 14.3. The van der Waals surface area contributed by atoms with E-state index >= 15 is 0 Å². The second kappa shape index (κ2) is 8.18. The van der Waals surface area contributed by atoms with Gasteiger partial charge in [-0.3, -0.25) is 4.90 Å². The Hall–Kier alpha value is -2.98. The number of anilines is 1. The molecular weight excluding hydrogens is 360 g/mol. The number of fused-ring (bicyclic) bond motifs is 1. The predicted molar refractivity (Wildman–Crippen MR) is 117 cm³/mol. The lowest BCUT2D eigenvalue weighted by Crippen LogP contribution is -2.50. The standard InChI is InChI=1S/C25H26N2O2/c1-2-7-20(8-3-1)21-9-6-10-22(17-21)27-15-13-26(14-16-27)18-23-19-28-24-11-4-5-12-25(24)29-23/h1-12,17,23H,13-16,18-19H2/t23-/m0/s1. The van der Waals surface area contributed by atoms with E-state index in [-0.39, 0.29) is 6.10 Å². The van der Waals surface area contributed by atoms with Gasteiger partial charge in [0.1, 0.15) is 12.7 Å². The second-order valence-corrected chi connectivity index (χ2v) is 7.70. The van der Waals surface area contributed by atoms with Crippen molar-refractivity contribution in [3.05, 3.63) is 78.9 Å². The molecule has 0 aromatic heterocycles. The van der Waals surface area contributed by atoms with Crippen LogP contribution in [-0.2, 0) is 0 Å². The molecule has 3 aromatic rings. The number of nitrogens with zero attached hydrogens (tertiary/aromatic N) is 2. The van der Waals surface area contributed by atoms with Crippen LogP contribution in [0.2, 0.25) is 0 Å². The van der Waals surface area contributed by atoms with Gasteiger partial charge in [-0.25, -0.2) is 0 Å². The highest BCUT2D eigenvalue weighted by Crippen LogP contribution is 2.31. The predicted octanol–water partition coefficient (Wildman–Crippen LogP) is 4.32. The Morgan fingerprint density at radius 1 is 0.724 bits per heavy atom. The first kappa shape index (κ1) is 18.1. The van der Waals surface area contributed by atoms with E-state index in [0.717, 1.165) is 44.2 Å². The molecule has 1 fully saturated rings. The fourth-order valence-corrected chi connectivity index (χ4v) is 4.14. The Kier molecular flexibility index (Phi) is 5.10. The summed E-state index contributed by atoms with van der Waals surface area (Å²) < 4.78 is 12.0. The number of para-hydroxylation sites is 2. The molecule has 0 unspecified atom stereocenters. The number of piperazine rings is 1. The molecule has 1 atom stereocenters. The third-order valence-corrected chi connectivity index (χ3v) is 5.72. The molecule has 29 heavy (non-hydrogen) atoms. The molecule has 4 nitrogen and oxygen atoms in total. The van der Waals surface area contributed by atoms with E-state index in [4.69, 9.17) is 9.47 Å². The summed E-state index contributed by atoms with van der Waals surface area (Å²) in [5.74, 6) is 1.71. The van der Waals surface area contributed by atoms with Crippen LogP contribution in [0.15, 0.2) is 78.9 Å². The van der Waals surface area contributed by atoms with Crippen LogP contribution in [0.3, 0.4) is 0 Å². The van der Waals surface area contributed by atoms with Crippen molar-refractivity contribution < 1.29 is 9.47 Å². The minimum Gasteiger partial charge on any atom is -0.486 e. The van der Waals surface area contributed by atoms with Gasteiger partial charge in [-0.05, 0) is 35.4 Å². The third-order valence-electron chi connectivity index (χ3n) is 5.72. The fourth-order valence-electron chi connectivity index (χ4n) is 4.14. The highest BCUT2D eigenvalue weighted by Gasteiger charge is 2.25. The molecule has 3 aromatic carbocycles. The molecule has 2 aliphatic heterocycles. The summed E-state index contributed by atoms with van der Waals surface area (Å²) in [5.41, 5.74) is 3.84. The molecule has 148 valence electrons. The molecule has 0 bridgehead atoms. The lowest BCUT2D eigenvalue weighted by molar-refractivity contribution is 0.0571. The van der Waals surface area contributed by atoms with Gasteiger partial charge in [0.2, 0.25) is 0 Å². The van der Waals surface area contributed by atoms with Gasteiger partial charge >= 0.3 is 0 Å². The summed E-state index contributed by atoms with van der Waals surface area (Å²) in [6.45, 7) is 5.67. The SMILES string of the molecule is c1ccc(-c2cccc(N3CCN(C[C@H]4COc5ccccc5O4)CC3)c2)cc1. The Balaban J connectivity index is 1.18. The molecule has 0 N–H and O–H groups in total. The van der Waals surface area contributed by atoms with Crippen LogP contribution in [0.5, 0.6) is 11.5 Å². The van der Waals surface area contributed by atoms with E-state index in [9.17, 15) is 0 Å². The Labute approximate surface area is 172 Å². The molecule has 4 heteroatoms. The number of benzene rings is 3. The van der Waals surface area contributed by atoms with Crippen molar-refractivity contribution in [3.8, 4) is 22.6 Å². The van der Waals surface area contributed by atoms with Gasteiger partial charge in [-0.1, -0.05) is 54.6 Å². The zero-order chi connectivity index (χ0) is 19.5. The summed E-state index contributed by atoms with van der Waals surface area (Å²) in [6.07, 6.45) is 0.0952. The van der Waals surface area contributed by atoms with Crippen LogP contribution in [0, 0.1) is 0 Å². The van der Waals surface area contributed by atoms with Crippen LogP contribution in [0.25, 0.3) is 11.1 Å². The Bertz CT molecular complexity index is 952. The minimum atomic E-state index is 0.0952. The van der Waals surface area contributed by atoms with E-state index in [0.29, 0.717) is 6.61 Å². The molecule has 0 amide bonds. The number of ether oxygens (including phenoxy) is 2. The van der Waals surface area contributed by atoms with Gasteiger partial charge in [0.05, 0.1) is 0 Å². The molecule has 0 radical (unpaired) electrons. The Morgan fingerprint density at radius 3 is 2.28 bits per heavy atom. The fraction of sp³-hybridized carbons (Fsp3) is 0.280. The maximum Gasteiger partial charge on any atom is 0.161 e. The highest BCUT2D eigenvalue weighted by atomic mass is 16.6. The molecule has 5 rings (SSSR count). The zero-order valence-electron chi connectivity index (χ0n) is 16.5. The highest BCUT2D eigenvalue weighted by molar-refractivity contribution is 5.68. The van der Waals surface area contributed by atoms with Gasteiger partial charge < -0.3 is 14.4 Å². The summed E-state index contributed by atoms with van der Waals surface area (Å²) >= 11 is 0. The maximum absolute atomic E-state index is 6.13. The smallest absolute Gasteiger partial charge is 0.161 e. The normalized spacial score (nSPS) is 19.2. The number of rotatable bonds is 4. The summed E-state index contributed by atoms with van der Waals surface area (Å²) in [7, 11) is 0. The second-order valence-electron chi connectivity index (χ2n) is 7.70. The van der Waals surface area contributed by atoms with Gasteiger partial charge in [0.25, 0.3) is 0 Å². The lowest BCUT2D eigenvalue weighted by atomic mass is 10.0. The van der Waals surface area contributed by atoms with Crippen molar-refractivity contribution in [2.45, 2.75) is 6.10 Å². The van der Waals surface area contributed by atoms with Gasteiger partial charge in [0, 0.05) is 38.4 Å². The van der Waals surface area contributed by atoms with Crippen LogP contribution >= 0.6 is 0 Å². The molecule has 0 aliphatic carbocycles. The quantitative estimate of drug-likeness (QED) is 0.667. The van der Waals surface area contributed by atoms with Gasteiger partial charge in [0.15, 0.2) is 11.5 Å². The molecule has 1 saturated heterocycles. The van der Waals surface area contributed by atoms with Crippen molar-refractivity contribution in [2.24, 2.45) is 0 Å². The minimum absolute atomic E-state index is 0.0952. The molecule has 2 aliphatic rings. The van der Waals surface area contributed by atoms with E-state index in [1.54, 1.807) is 0 Å². The first-order valence-electron chi connectivity index (χ1n) is 10.4. The van der Waals surface area contributed by atoms with E-state index in [2.05, 4.69) is 64.4 Å². The maximum atomic E-state index is 6.13. The number of hydrogen-bond donors (Lipinski definition) is 0. The van der Waals surface area contributed by atoms with E-state index in [1.807, 2.05) is 24.3 Å². The monoisotopic (exact) mass is 386 g/mol. The lowest BCUT2D eigenvalue weighted by Gasteiger charge is -2.38. The van der Waals surface area contributed by atoms with Crippen LogP contribution in [0.4, 0.5) is 5.69 Å². The van der Waals surface area contributed by atoms with Crippen LogP contribution in [0.1, 0.15) is 0 Å². The molecule has 2 heterocycles. The van der Waals surface area contributed by atoms with Crippen LogP contribution in [-0.4, -0.2) is 50.3 Å². The van der Waals surface area contributed by atoms with Crippen molar-refractivity contribution >= 4 is 5.69 Å². The Morgan fingerprint density at radius 2 is 1.45 bits per heavy atom. The average molecular weight is 386 g/mol. The molecule has 0 spiro atoms. The summed E-state index contributed by atoms with van der Waals surface area (Å²) in [5, 5.41) is 0. The average Bonchev–Trinajstić information content (AvgIpc) is 2.80. The molecule has 0 saturated carbocycles. The van der Waals surface area contributed by atoms with Gasteiger partial charge in [-0.2, -0.15) is 0 Å². The number of hydrogen-bond acceptors (Lipinski definition) is 4. The topological polar surface area (TPSA) is 24.9 Å². The third kappa shape index (κ3) is 4.08. The van der Waals surface area contributed by atoms with Gasteiger partial charge in [-0.15, -0.1) is 0 Å². The van der Waals surface area contributed by atoms with Crippen LogP contribution < -0.4 is 14.4 Å². The van der Waals surface area contributed by atoms with Crippen molar-refractivity contribution in [2.75, 3.05) is 44.2 Å². The van der Waals surface area contributed by atoms with E-state index in [1.165, 1.54) is 16.8 Å². The van der Waals surface area contributed by atoms with Crippen molar-refractivity contribution in [3.63, 3.8) is 0 Å². The van der Waals surface area contributed by atoms with Crippen molar-refractivity contribution in [1.29, 1.82) is 0 Å². The first-order valence-corrected chi connectivity index (χ1v) is 10.4. The summed E-state index contributed by atoms with van der Waals surface area (Å²) in [6, 6.07) is 27.4.